The molecule has 4 nitrogen and oxygen atoms in total. The zero-order chi connectivity index (χ0) is 15.8. The van der Waals surface area contributed by atoms with Gasteiger partial charge in [-0.25, -0.2) is 0 Å². The fourth-order valence-electron chi connectivity index (χ4n) is 1.67. The van der Waals surface area contributed by atoms with Crippen molar-refractivity contribution in [3.8, 4) is 0 Å². The van der Waals surface area contributed by atoms with Crippen molar-refractivity contribution in [2.45, 2.75) is 57.8 Å². The second-order valence-electron chi connectivity index (χ2n) is 4.86. The Hall–Kier alpha value is -1.58. The van der Waals surface area contributed by atoms with E-state index in [0.717, 1.165) is 38.5 Å². The van der Waals surface area contributed by atoms with E-state index in [0.29, 0.717) is 19.6 Å². The number of allylic oxidation sites excluding steroid dienone is 2. The van der Waals surface area contributed by atoms with Gasteiger partial charge in [0.25, 0.3) is 0 Å². The summed E-state index contributed by atoms with van der Waals surface area (Å²) in [7, 11) is 0. The molecule has 0 amide bonds. The quantitative estimate of drug-likeness (QED) is 0.277. The van der Waals surface area contributed by atoms with Crippen LogP contribution < -0.4 is 0 Å². The third-order valence-corrected chi connectivity index (χ3v) is 2.89. The van der Waals surface area contributed by atoms with Crippen LogP contribution in [0.5, 0.6) is 0 Å². The summed E-state index contributed by atoms with van der Waals surface area (Å²) in [5.74, 6) is -0.486. The Kier molecular flexibility index (Phi) is 13.7. The van der Waals surface area contributed by atoms with Gasteiger partial charge >= 0.3 is 11.9 Å². The predicted molar refractivity (Wildman–Crippen MR) is 83.9 cm³/mol. The average Bonchev–Trinajstić information content (AvgIpc) is 2.47. The Labute approximate surface area is 128 Å². The standard InChI is InChI=1S/C17H28O4/c1-3-5-7-9-14-20-16(18)12-11-13-17(19)21-15-10-8-6-4-2/h3-4H,1-2,5-15H2. The predicted octanol–water partition coefficient (Wildman–Crippen LogP) is 3.96. The molecular formula is C17H28O4. The van der Waals surface area contributed by atoms with Crippen LogP contribution in [0.25, 0.3) is 0 Å². The topological polar surface area (TPSA) is 52.6 Å². The number of rotatable bonds is 14. The molecule has 0 radical (unpaired) electrons. The molecule has 0 aromatic carbocycles. The SMILES string of the molecule is C=CCCCCOC(=O)CCCC(=O)OCCCCC=C. The largest absolute Gasteiger partial charge is 0.466 e. The van der Waals surface area contributed by atoms with Crippen molar-refractivity contribution in [1.82, 2.24) is 0 Å². The van der Waals surface area contributed by atoms with Crippen molar-refractivity contribution >= 4 is 11.9 Å². The molecule has 0 spiro atoms. The zero-order valence-corrected chi connectivity index (χ0v) is 13.0. The summed E-state index contributed by atoms with van der Waals surface area (Å²) >= 11 is 0. The Bertz CT molecular complexity index is 280. The van der Waals surface area contributed by atoms with Gasteiger partial charge in [0.1, 0.15) is 0 Å². The highest BCUT2D eigenvalue weighted by Crippen LogP contribution is 2.03. The summed E-state index contributed by atoms with van der Waals surface area (Å²) in [4.78, 5) is 22.8. The lowest BCUT2D eigenvalue weighted by Gasteiger charge is -2.05. The van der Waals surface area contributed by atoms with Crippen molar-refractivity contribution < 1.29 is 19.1 Å². The molecule has 4 heteroatoms. The van der Waals surface area contributed by atoms with Gasteiger partial charge in [-0.2, -0.15) is 0 Å². The number of unbranched alkanes of at least 4 members (excludes halogenated alkanes) is 4. The van der Waals surface area contributed by atoms with E-state index in [4.69, 9.17) is 9.47 Å². The van der Waals surface area contributed by atoms with Crippen LogP contribution in [0.15, 0.2) is 25.3 Å². The summed E-state index contributed by atoms with van der Waals surface area (Å²) in [6.07, 6.45) is 10.3. The smallest absolute Gasteiger partial charge is 0.305 e. The first-order valence-electron chi connectivity index (χ1n) is 7.73. The third-order valence-electron chi connectivity index (χ3n) is 2.89. The summed E-state index contributed by atoms with van der Waals surface area (Å²) in [6, 6.07) is 0. The van der Waals surface area contributed by atoms with Crippen LogP contribution in [0.4, 0.5) is 0 Å². The Morgan fingerprint density at radius 1 is 0.714 bits per heavy atom. The van der Waals surface area contributed by atoms with E-state index in [-0.39, 0.29) is 24.8 Å². The molecule has 0 saturated carbocycles. The summed E-state index contributed by atoms with van der Waals surface area (Å²) < 4.78 is 10.1. The molecule has 0 bridgehead atoms. The molecule has 0 aliphatic rings. The van der Waals surface area contributed by atoms with Crippen LogP contribution in [0.1, 0.15) is 57.8 Å². The maximum absolute atomic E-state index is 11.4. The van der Waals surface area contributed by atoms with Gasteiger partial charge in [0.2, 0.25) is 0 Å². The van der Waals surface area contributed by atoms with Crippen molar-refractivity contribution in [1.29, 1.82) is 0 Å². The van der Waals surface area contributed by atoms with E-state index in [1.165, 1.54) is 0 Å². The van der Waals surface area contributed by atoms with E-state index in [1.807, 2.05) is 12.2 Å². The lowest BCUT2D eigenvalue weighted by atomic mass is 10.2. The van der Waals surface area contributed by atoms with Crippen LogP contribution in [0, 0.1) is 0 Å². The molecule has 0 aliphatic heterocycles. The van der Waals surface area contributed by atoms with Gasteiger partial charge in [0.05, 0.1) is 13.2 Å². The molecule has 0 aromatic rings. The average molecular weight is 296 g/mol. The minimum atomic E-state index is -0.243. The van der Waals surface area contributed by atoms with Crippen LogP contribution >= 0.6 is 0 Å². The number of carbonyl (C=O) groups is 2. The van der Waals surface area contributed by atoms with Crippen LogP contribution in [0.2, 0.25) is 0 Å². The molecule has 0 N–H and O–H groups in total. The molecule has 0 atom stereocenters. The first-order chi connectivity index (χ1) is 10.2. The first kappa shape index (κ1) is 19.4. The molecule has 0 aliphatic carbocycles. The maximum atomic E-state index is 11.4. The van der Waals surface area contributed by atoms with E-state index in [1.54, 1.807) is 0 Å². The number of ether oxygens (including phenoxy) is 2. The van der Waals surface area contributed by atoms with Crippen LogP contribution in [-0.4, -0.2) is 25.2 Å². The van der Waals surface area contributed by atoms with E-state index >= 15 is 0 Å². The maximum Gasteiger partial charge on any atom is 0.305 e. The first-order valence-corrected chi connectivity index (χ1v) is 7.73. The minimum Gasteiger partial charge on any atom is -0.466 e. The number of hydrogen-bond acceptors (Lipinski definition) is 4. The molecule has 21 heavy (non-hydrogen) atoms. The summed E-state index contributed by atoms with van der Waals surface area (Å²) in [5.41, 5.74) is 0. The van der Waals surface area contributed by atoms with Gasteiger partial charge in [-0.05, 0) is 44.9 Å². The zero-order valence-electron chi connectivity index (χ0n) is 13.0. The Morgan fingerprint density at radius 3 is 1.52 bits per heavy atom. The van der Waals surface area contributed by atoms with Crippen molar-refractivity contribution in [3.05, 3.63) is 25.3 Å². The summed E-state index contributed by atoms with van der Waals surface area (Å²) in [5, 5.41) is 0. The summed E-state index contributed by atoms with van der Waals surface area (Å²) in [6.45, 7) is 8.15. The monoisotopic (exact) mass is 296 g/mol. The molecule has 0 fully saturated rings. The van der Waals surface area contributed by atoms with Gasteiger partial charge in [0, 0.05) is 12.8 Å². The normalized spacial score (nSPS) is 9.90. The van der Waals surface area contributed by atoms with Crippen LogP contribution in [-0.2, 0) is 19.1 Å². The highest BCUT2D eigenvalue weighted by atomic mass is 16.5. The molecule has 0 unspecified atom stereocenters. The van der Waals surface area contributed by atoms with Gasteiger partial charge in [-0.15, -0.1) is 13.2 Å². The van der Waals surface area contributed by atoms with Gasteiger partial charge in [0.15, 0.2) is 0 Å². The molecular weight excluding hydrogens is 268 g/mol. The Morgan fingerprint density at radius 2 is 1.14 bits per heavy atom. The van der Waals surface area contributed by atoms with E-state index in [9.17, 15) is 9.59 Å². The fourth-order valence-corrected chi connectivity index (χ4v) is 1.67. The molecule has 0 saturated heterocycles. The number of carbonyl (C=O) groups excluding carboxylic acids is 2. The number of esters is 2. The number of hydrogen-bond donors (Lipinski definition) is 0. The van der Waals surface area contributed by atoms with E-state index < -0.39 is 0 Å². The van der Waals surface area contributed by atoms with Crippen molar-refractivity contribution in [3.63, 3.8) is 0 Å². The molecule has 120 valence electrons. The second kappa shape index (κ2) is 14.8. The lowest BCUT2D eigenvalue weighted by Crippen LogP contribution is -2.09. The Balaban J connectivity index is 3.38. The highest BCUT2D eigenvalue weighted by Gasteiger charge is 2.07. The molecule has 0 heterocycles. The van der Waals surface area contributed by atoms with Crippen molar-refractivity contribution in [2.24, 2.45) is 0 Å². The van der Waals surface area contributed by atoms with Gasteiger partial charge < -0.3 is 9.47 Å². The minimum absolute atomic E-state index is 0.243. The highest BCUT2D eigenvalue weighted by molar-refractivity contribution is 5.72. The molecule has 0 rings (SSSR count). The fraction of sp³-hybridized carbons (Fsp3) is 0.647. The lowest BCUT2D eigenvalue weighted by molar-refractivity contribution is -0.145. The van der Waals surface area contributed by atoms with Gasteiger partial charge in [-0.3, -0.25) is 9.59 Å². The second-order valence-corrected chi connectivity index (χ2v) is 4.86. The molecule has 0 aromatic heterocycles. The van der Waals surface area contributed by atoms with E-state index in [2.05, 4.69) is 13.2 Å². The van der Waals surface area contributed by atoms with Crippen LogP contribution in [0.3, 0.4) is 0 Å². The van der Waals surface area contributed by atoms with Crippen molar-refractivity contribution in [2.75, 3.05) is 13.2 Å². The third kappa shape index (κ3) is 14.6. The van der Waals surface area contributed by atoms with Gasteiger partial charge in [-0.1, -0.05) is 12.2 Å².